The van der Waals surface area contributed by atoms with Crippen molar-refractivity contribution in [3.63, 3.8) is 0 Å². The second-order valence-electron chi connectivity index (χ2n) is 3.93. The van der Waals surface area contributed by atoms with Crippen LogP contribution in [0.3, 0.4) is 0 Å². The normalized spacial score (nSPS) is 22.0. The number of hydrogen-bond acceptors (Lipinski definition) is 3. The minimum atomic E-state index is 0.397. The second kappa shape index (κ2) is 8.26. The van der Waals surface area contributed by atoms with Gasteiger partial charge in [0.1, 0.15) is 5.76 Å². The molecule has 0 N–H and O–H groups in total. The van der Waals surface area contributed by atoms with Crippen LogP contribution in [0.1, 0.15) is 32.6 Å². The van der Waals surface area contributed by atoms with Gasteiger partial charge in [-0.05, 0) is 26.2 Å². The predicted octanol–water partition coefficient (Wildman–Crippen LogP) is 3.67. The number of nitrogens with zero attached hydrogens (tertiary/aromatic N) is 1. The zero-order valence-electron chi connectivity index (χ0n) is 10.1. The van der Waals surface area contributed by atoms with Gasteiger partial charge in [0.2, 0.25) is 0 Å². The molecule has 0 aromatic rings. The molecule has 4 heteroatoms. The van der Waals surface area contributed by atoms with Gasteiger partial charge in [0.05, 0.1) is 12.6 Å². The highest BCUT2D eigenvalue weighted by atomic mass is 35.5. The number of piperidine rings is 1. The highest BCUT2D eigenvalue weighted by molar-refractivity contribution is 7.97. The van der Waals surface area contributed by atoms with Gasteiger partial charge in [-0.25, -0.2) is 4.31 Å². The van der Waals surface area contributed by atoms with Gasteiger partial charge < -0.3 is 4.74 Å². The van der Waals surface area contributed by atoms with Crippen molar-refractivity contribution in [2.75, 3.05) is 24.8 Å². The number of halogens is 1. The van der Waals surface area contributed by atoms with Gasteiger partial charge in [0, 0.05) is 18.2 Å². The molecule has 1 aliphatic rings. The standard InChI is InChI=1S/C12H22ClNOS/c1-3-15-11(2)12-7-4-5-9-14(12)16-10-6-8-13/h12H,2-10H2,1H3. The fourth-order valence-corrected chi connectivity index (χ4v) is 3.36. The van der Waals surface area contributed by atoms with E-state index in [1.165, 1.54) is 19.3 Å². The van der Waals surface area contributed by atoms with Gasteiger partial charge in [0.25, 0.3) is 0 Å². The van der Waals surface area contributed by atoms with Gasteiger partial charge >= 0.3 is 0 Å². The molecule has 1 aliphatic heterocycles. The SMILES string of the molecule is C=C(OCC)C1CCCCN1SCCCCl. The second-order valence-corrected chi connectivity index (χ2v) is 5.44. The molecule has 0 aromatic heterocycles. The van der Waals surface area contributed by atoms with Crippen LogP contribution in [0.15, 0.2) is 12.3 Å². The summed E-state index contributed by atoms with van der Waals surface area (Å²) < 4.78 is 7.97. The smallest absolute Gasteiger partial charge is 0.107 e. The molecule has 16 heavy (non-hydrogen) atoms. The molecule has 0 aromatic carbocycles. The third kappa shape index (κ3) is 4.56. The molecular formula is C12H22ClNOS. The van der Waals surface area contributed by atoms with E-state index in [2.05, 4.69) is 10.9 Å². The van der Waals surface area contributed by atoms with E-state index in [0.29, 0.717) is 6.04 Å². The first kappa shape index (κ1) is 14.2. The molecule has 1 atom stereocenters. The largest absolute Gasteiger partial charge is 0.497 e. The van der Waals surface area contributed by atoms with E-state index in [1.807, 2.05) is 18.9 Å². The van der Waals surface area contributed by atoms with Crippen LogP contribution in [0.2, 0.25) is 0 Å². The summed E-state index contributed by atoms with van der Waals surface area (Å²) in [5.41, 5.74) is 0. The van der Waals surface area contributed by atoms with Crippen LogP contribution in [0.5, 0.6) is 0 Å². The summed E-state index contributed by atoms with van der Waals surface area (Å²) in [7, 11) is 0. The molecule has 0 radical (unpaired) electrons. The number of alkyl halides is 1. The van der Waals surface area contributed by atoms with E-state index in [1.54, 1.807) is 0 Å². The van der Waals surface area contributed by atoms with E-state index in [4.69, 9.17) is 16.3 Å². The summed E-state index contributed by atoms with van der Waals surface area (Å²) in [5, 5.41) is 0. The fraction of sp³-hybridized carbons (Fsp3) is 0.833. The Labute approximate surface area is 108 Å². The number of rotatable bonds is 7. The van der Waals surface area contributed by atoms with Crippen molar-refractivity contribution in [1.29, 1.82) is 0 Å². The van der Waals surface area contributed by atoms with Crippen LogP contribution in [0.25, 0.3) is 0 Å². The molecule has 94 valence electrons. The molecule has 0 aliphatic carbocycles. The lowest BCUT2D eigenvalue weighted by Crippen LogP contribution is -2.36. The van der Waals surface area contributed by atoms with Crippen LogP contribution in [0, 0.1) is 0 Å². The van der Waals surface area contributed by atoms with Crippen molar-refractivity contribution in [2.45, 2.75) is 38.6 Å². The lowest BCUT2D eigenvalue weighted by atomic mass is 10.0. The van der Waals surface area contributed by atoms with E-state index < -0.39 is 0 Å². The highest BCUT2D eigenvalue weighted by Crippen LogP contribution is 2.29. The summed E-state index contributed by atoms with van der Waals surface area (Å²) >= 11 is 7.59. The fourth-order valence-electron chi connectivity index (χ4n) is 1.90. The van der Waals surface area contributed by atoms with Crippen molar-refractivity contribution in [3.8, 4) is 0 Å². The van der Waals surface area contributed by atoms with Gasteiger partial charge in [-0.3, -0.25) is 0 Å². The third-order valence-electron chi connectivity index (χ3n) is 2.69. The highest BCUT2D eigenvalue weighted by Gasteiger charge is 2.25. The molecule has 2 nitrogen and oxygen atoms in total. The van der Waals surface area contributed by atoms with Gasteiger partial charge in [-0.1, -0.05) is 24.9 Å². The van der Waals surface area contributed by atoms with Crippen molar-refractivity contribution < 1.29 is 4.74 Å². The quantitative estimate of drug-likeness (QED) is 0.301. The Balaban J connectivity index is 2.40. The average Bonchev–Trinajstić information content (AvgIpc) is 2.30. The van der Waals surface area contributed by atoms with Crippen LogP contribution in [-0.2, 0) is 4.74 Å². The first-order chi connectivity index (χ1) is 7.79. The van der Waals surface area contributed by atoms with Crippen molar-refractivity contribution >= 4 is 23.5 Å². The Morgan fingerprint density at radius 3 is 3.06 bits per heavy atom. The number of hydrogen-bond donors (Lipinski definition) is 0. The maximum atomic E-state index is 5.69. The minimum absolute atomic E-state index is 0.397. The first-order valence-corrected chi connectivity index (χ1v) is 7.54. The zero-order chi connectivity index (χ0) is 11.8. The first-order valence-electron chi connectivity index (χ1n) is 6.06. The molecule has 0 spiro atoms. The predicted molar refractivity (Wildman–Crippen MR) is 72.9 cm³/mol. The Hall–Kier alpha value is 0.140. The van der Waals surface area contributed by atoms with Crippen LogP contribution in [0.4, 0.5) is 0 Å². The van der Waals surface area contributed by atoms with Crippen LogP contribution < -0.4 is 0 Å². The molecule has 1 unspecified atom stereocenters. The van der Waals surface area contributed by atoms with Crippen LogP contribution in [-0.4, -0.2) is 35.1 Å². The summed E-state index contributed by atoms with van der Waals surface area (Å²) in [4.78, 5) is 0. The monoisotopic (exact) mass is 263 g/mol. The maximum absolute atomic E-state index is 5.69. The number of ether oxygens (including phenoxy) is 1. The molecular weight excluding hydrogens is 242 g/mol. The molecule has 1 rings (SSSR count). The molecule has 0 amide bonds. The van der Waals surface area contributed by atoms with Gasteiger partial charge in [-0.15, -0.1) is 11.6 Å². The summed E-state index contributed by atoms with van der Waals surface area (Å²) in [6.45, 7) is 7.92. The molecule has 1 fully saturated rings. The lowest BCUT2D eigenvalue weighted by molar-refractivity contribution is 0.159. The summed E-state index contributed by atoms with van der Waals surface area (Å²) in [5.74, 6) is 2.78. The molecule has 1 heterocycles. The third-order valence-corrected chi connectivity index (χ3v) is 4.20. The summed E-state index contributed by atoms with van der Waals surface area (Å²) in [6, 6.07) is 0.397. The minimum Gasteiger partial charge on any atom is -0.497 e. The Morgan fingerprint density at radius 2 is 2.38 bits per heavy atom. The topological polar surface area (TPSA) is 12.5 Å². The van der Waals surface area contributed by atoms with Crippen molar-refractivity contribution in [3.05, 3.63) is 12.3 Å². The summed E-state index contributed by atoms with van der Waals surface area (Å²) in [6.07, 6.45) is 4.80. The molecule has 1 saturated heterocycles. The van der Waals surface area contributed by atoms with Crippen molar-refractivity contribution in [2.24, 2.45) is 0 Å². The molecule has 0 bridgehead atoms. The maximum Gasteiger partial charge on any atom is 0.107 e. The van der Waals surface area contributed by atoms with E-state index in [-0.39, 0.29) is 0 Å². The van der Waals surface area contributed by atoms with Gasteiger partial charge in [-0.2, -0.15) is 0 Å². The Kier molecular flexibility index (Phi) is 7.33. The zero-order valence-corrected chi connectivity index (χ0v) is 11.7. The van der Waals surface area contributed by atoms with E-state index in [9.17, 15) is 0 Å². The Bertz CT molecular complexity index is 213. The van der Waals surface area contributed by atoms with E-state index >= 15 is 0 Å². The van der Waals surface area contributed by atoms with E-state index in [0.717, 1.165) is 37.0 Å². The Morgan fingerprint density at radius 1 is 1.56 bits per heavy atom. The molecule has 0 saturated carbocycles. The van der Waals surface area contributed by atoms with Crippen LogP contribution >= 0.6 is 23.5 Å². The average molecular weight is 264 g/mol. The lowest BCUT2D eigenvalue weighted by Gasteiger charge is -2.35. The van der Waals surface area contributed by atoms with Gasteiger partial charge in [0.15, 0.2) is 0 Å². The van der Waals surface area contributed by atoms with Crippen molar-refractivity contribution in [1.82, 2.24) is 4.31 Å².